The molecule has 0 aromatic carbocycles. The molecule has 13 heavy (non-hydrogen) atoms. The molecule has 0 radical (unpaired) electrons. The largest absolute Gasteiger partial charge is 0.236 e. The molecule has 2 nitrogen and oxygen atoms in total. The van der Waals surface area contributed by atoms with E-state index < -0.39 is 0 Å². The van der Waals surface area contributed by atoms with Gasteiger partial charge in [0, 0.05) is 11.8 Å². The first kappa shape index (κ1) is 7.96. The minimum absolute atomic E-state index is 0.758. The van der Waals surface area contributed by atoms with Gasteiger partial charge in [0.2, 0.25) is 0 Å². The number of hydrogen-bond donors (Lipinski definition) is 0. The maximum absolute atomic E-state index is 4.24. The minimum Gasteiger partial charge on any atom is -0.236 e. The predicted molar refractivity (Wildman–Crippen MR) is 54.4 cm³/mol. The number of aromatic nitrogens is 1. The van der Waals surface area contributed by atoms with Gasteiger partial charge in [-0.25, -0.2) is 4.98 Å². The summed E-state index contributed by atoms with van der Waals surface area (Å²) in [6, 6.07) is 0. The van der Waals surface area contributed by atoms with Crippen molar-refractivity contribution in [1.82, 2.24) is 4.98 Å². The van der Waals surface area contributed by atoms with Crippen molar-refractivity contribution in [2.75, 3.05) is 0 Å². The predicted octanol–water partition coefficient (Wildman–Crippen LogP) is 2.58. The number of fused-ring (bicyclic) bond motifs is 1. The van der Waals surface area contributed by atoms with Gasteiger partial charge in [-0.05, 0) is 36.9 Å². The number of pyridine rings is 1. The summed E-state index contributed by atoms with van der Waals surface area (Å²) in [6.45, 7) is 4.14. The van der Waals surface area contributed by atoms with Crippen molar-refractivity contribution in [2.45, 2.75) is 13.8 Å². The molecule has 1 aliphatic rings. The molecule has 2 heteroatoms. The highest BCUT2D eigenvalue weighted by Gasteiger charge is 2.05. The van der Waals surface area contributed by atoms with Crippen molar-refractivity contribution in [1.29, 1.82) is 0 Å². The van der Waals surface area contributed by atoms with Gasteiger partial charge < -0.3 is 0 Å². The van der Waals surface area contributed by atoms with E-state index in [9.17, 15) is 0 Å². The Hall–Kier alpha value is -1.66. The van der Waals surface area contributed by atoms with Gasteiger partial charge >= 0.3 is 0 Å². The lowest BCUT2D eigenvalue weighted by Gasteiger charge is -2.05. The smallest absolute Gasteiger partial charge is 0.169 e. The lowest BCUT2D eigenvalue weighted by molar-refractivity contribution is 1.19. The van der Waals surface area contributed by atoms with Crippen molar-refractivity contribution in [3.63, 3.8) is 0 Å². The summed E-state index contributed by atoms with van der Waals surface area (Å²) in [5.74, 6) is 3.56. The quantitative estimate of drug-likeness (QED) is 0.587. The Morgan fingerprint density at radius 2 is 2.15 bits per heavy atom. The summed E-state index contributed by atoms with van der Waals surface area (Å²) in [5.41, 5.74) is 3.53. The molecule has 0 saturated heterocycles. The number of rotatable bonds is 0. The second kappa shape index (κ2) is 3.00. The maximum atomic E-state index is 4.24. The van der Waals surface area contributed by atoms with Crippen molar-refractivity contribution in [2.24, 2.45) is 4.99 Å². The van der Waals surface area contributed by atoms with Gasteiger partial charge in [0.1, 0.15) is 0 Å². The molecular formula is C11H10N2. The highest BCUT2D eigenvalue weighted by atomic mass is 14.9. The van der Waals surface area contributed by atoms with Gasteiger partial charge in [0.25, 0.3) is 0 Å². The molecule has 0 bridgehead atoms. The third kappa shape index (κ3) is 1.32. The van der Waals surface area contributed by atoms with Gasteiger partial charge in [-0.2, -0.15) is 4.99 Å². The summed E-state index contributed by atoms with van der Waals surface area (Å²) in [7, 11) is 0. The molecule has 0 fully saturated rings. The van der Waals surface area contributed by atoms with E-state index in [1.807, 2.05) is 18.3 Å². The molecule has 1 aromatic rings. The highest BCUT2D eigenvalue weighted by Crippen LogP contribution is 2.24. The van der Waals surface area contributed by atoms with Crippen LogP contribution in [-0.2, 0) is 0 Å². The summed E-state index contributed by atoms with van der Waals surface area (Å²) >= 11 is 0. The molecule has 2 heterocycles. The Bertz CT molecular complexity index is 436. The molecular weight excluding hydrogens is 160 g/mol. The monoisotopic (exact) mass is 170 g/mol. The van der Waals surface area contributed by atoms with Crippen LogP contribution in [0.3, 0.4) is 0 Å². The van der Waals surface area contributed by atoms with Crippen LogP contribution < -0.4 is 0 Å². The van der Waals surface area contributed by atoms with Gasteiger partial charge in [-0.15, -0.1) is 0 Å². The van der Waals surface area contributed by atoms with Crippen LogP contribution in [0.5, 0.6) is 0 Å². The Morgan fingerprint density at radius 1 is 1.31 bits per heavy atom. The van der Waals surface area contributed by atoms with E-state index in [0.717, 1.165) is 11.4 Å². The molecule has 0 atom stereocenters. The standard InChI is InChI=1S/C11H10N2/c1-8-7-13-11-10(9(8)2)5-3-4-6-12-11/h3-5,7H,1-2H3. The second-order valence-electron chi connectivity index (χ2n) is 3.07. The van der Waals surface area contributed by atoms with Gasteiger partial charge in [0.15, 0.2) is 5.82 Å². The zero-order chi connectivity index (χ0) is 9.26. The lowest BCUT2D eigenvalue weighted by Crippen LogP contribution is -1.89. The zero-order valence-corrected chi connectivity index (χ0v) is 7.70. The Labute approximate surface area is 77.4 Å². The average molecular weight is 170 g/mol. The third-order valence-electron chi connectivity index (χ3n) is 2.22. The number of aliphatic imine (C=N–C) groups is 1. The number of nitrogens with zero attached hydrogens (tertiary/aromatic N) is 2. The second-order valence-corrected chi connectivity index (χ2v) is 3.07. The average Bonchev–Trinajstić information content (AvgIpc) is 2.36. The first-order valence-electron chi connectivity index (χ1n) is 4.21. The molecule has 1 aliphatic heterocycles. The van der Waals surface area contributed by atoms with E-state index in [1.165, 1.54) is 11.1 Å². The van der Waals surface area contributed by atoms with E-state index in [0.29, 0.717) is 0 Å². The van der Waals surface area contributed by atoms with Crippen molar-refractivity contribution < 1.29 is 0 Å². The van der Waals surface area contributed by atoms with Gasteiger partial charge in [0.05, 0.1) is 0 Å². The zero-order valence-electron chi connectivity index (χ0n) is 7.70. The van der Waals surface area contributed by atoms with Crippen LogP contribution in [0.2, 0.25) is 0 Å². The van der Waals surface area contributed by atoms with E-state index in [2.05, 4.69) is 29.7 Å². The number of aryl methyl sites for hydroxylation is 1. The van der Waals surface area contributed by atoms with Crippen molar-refractivity contribution >= 4 is 17.8 Å². The molecule has 0 spiro atoms. The Morgan fingerprint density at radius 3 is 3.00 bits per heavy atom. The molecule has 0 saturated carbocycles. The first-order chi connectivity index (χ1) is 6.29. The molecule has 64 valence electrons. The maximum Gasteiger partial charge on any atom is 0.169 e. The van der Waals surface area contributed by atoms with Crippen LogP contribution in [0.4, 0.5) is 5.82 Å². The van der Waals surface area contributed by atoms with Crippen LogP contribution >= 0.6 is 0 Å². The van der Waals surface area contributed by atoms with E-state index >= 15 is 0 Å². The number of hydrogen-bond acceptors (Lipinski definition) is 2. The molecule has 0 aliphatic carbocycles. The van der Waals surface area contributed by atoms with Crippen molar-refractivity contribution in [3.05, 3.63) is 35.0 Å². The van der Waals surface area contributed by atoms with E-state index in [4.69, 9.17) is 0 Å². The fraction of sp³-hybridized carbons (Fsp3) is 0.182. The SMILES string of the molecule is Cc1cnc2c(c1C)C=CC=C=N2. The van der Waals surface area contributed by atoms with Crippen LogP contribution in [0.25, 0.3) is 6.08 Å². The van der Waals surface area contributed by atoms with Crippen molar-refractivity contribution in [3.8, 4) is 0 Å². The van der Waals surface area contributed by atoms with E-state index in [-0.39, 0.29) is 0 Å². The topological polar surface area (TPSA) is 25.2 Å². The van der Waals surface area contributed by atoms with Gasteiger partial charge in [-0.1, -0.05) is 12.2 Å². The van der Waals surface area contributed by atoms with Crippen LogP contribution in [-0.4, -0.2) is 10.9 Å². The summed E-state index contributed by atoms with van der Waals surface area (Å²) in [5, 5.41) is 0. The van der Waals surface area contributed by atoms with E-state index in [1.54, 1.807) is 6.08 Å². The third-order valence-corrected chi connectivity index (χ3v) is 2.22. The first-order valence-corrected chi connectivity index (χ1v) is 4.21. The molecule has 0 unspecified atom stereocenters. The molecule has 0 N–H and O–H groups in total. The Kier molecular flexibility index (Phi) is 1.84. The Balaban J connectivity index is 2.74. The molecule has 0 amide bonds. The van der Waals surface area contributed by atoms with Crippen LogP contribution in [0.1, 0.15) is 16.7 Å². The fourth-order valence-electron chi connectivity index (χ4n) is 1.28. The minimum atomic E-state index is 0.758. The summed E-state index contributed by atoms with van der Waals surface area (Å²) < 4.78 is 0. The lowest BCUT2D eigenvalue weighted by atomic mass is 10.1. The van der Waals surface area contributed by atoms with Gasteiger partial charge in [-0.3, -0.25) is 0 Å². The van der Waals surface area contributed by atoms with Crippen LogP contribution in [0, 0.1) is 13.8 Å². The number of allylic oxidation sites excluding steroid dienone is 2. The summed E-state index contributed by atoms with van der Waals surface area (Å²) in [6.07, 6.45) is 7.59. The van der Waals surface area contributed by atoms with Crippen LogP contribution in [0.15, 0.2) is 23.3 Å². The fourth-order valence-corrected chi connectivity index (χ4v) is 1.28. The molecule has 1 aromatic heterocycles. The molecule has 2 rings (SSSR count). The highest BCUT2D eigenvalue weighted by molar-refractivity contribution is 5.74. The summed E-state index contributed by atoms with van der Waals surface area (Å²) in [4.78, 5) is 8.35. The normalized spacial score (nSPS) is 12.8.